The van der Waals surface area contributed by atoms with Crippen LogP contribution in [0.3, 0.4) is 0 Å². The SMILES string of the molecule is COCCCN(Cc1ccc(F)cc1F)CC(O)COCc1ccco1. The standard InChI is InChI=1S/C19H25F2NO4/c1-24-8-3-7-22(11-15-5-6-16(20)10-19(15)21)12-17(23)13-25-14-18-4-2-9-26-18/h2,4-6,9-10,17,23H,3,7-8,11-14H2,1H3. The van der Waals surface area contributed by atoms with Crippen LogP contribution in [0, 0.1) is 11.6 Å². The van der Waals surface area contributed by atoms with E-state index in [0.29, 0.717) is 31.0 Å². The van der Waals surface area contributed by atoms with Crippen LogP contribution in [0.2, 0.25) is 0 Å². The van der Waals surface area contributed by atoms with Gasteiger partial charge < -0.3 is 19.0 Å². The normalized spacial score (nSPS) is 12.7. The first-order chi connectivity index (χ1) is 12.6. The third-order valence-corrected chi connectivity index (χ3v) is 3.84. The maximum Gasteiger partial charge on any atom is 0.130 e. The first-order valence-corrected chi connectivity index (χ1v) is 8.52. The molecule has 0 aliphatic heterocycles. The van der Waals surface area contributed by atoms with Crippen LogP contribution in [0.5, 0.6) is 0 Å². The smallest absolute Gasteiger partial charge is 0.130 e. The number of nitrogens with zero attached hydrogens (tertiary/aromatic N) is 1. The van der Waals surface area contributed by atoms with Gasteiger partial charge >= 0.3 is 0 Å². The van der Waals surface area contributed by atoms with E-state index in [9.17, 15) is 13.9 Å². The molecule has 1 heterocycles. The average molecular weight is 369 g/mol. The van der Waals surface area contributed by atoms with Crippen molar-refractivity contribution < 1.29 is 27.8 Å². The monoisotopic (exact) mass is 369 g/mol. The topological polar surface area (TPSA) is 55.1 Å². The highest BCUT2D eigenvalue weighted by molar-refractivity contribution is 5.18. The number of rotatable bonds is 12. The summed E-state index contributed by atoms with van der Waals surface area (Å²) in [5.41, 5.74) is 0.382. The predicted molar refractivity (Wildman–Crippen MR) is 92.5 cm³/mol. The molecule has 1 atom stereocenters. The second-order valence-electron chi connectivity index (χ2n) is 6.07. The van der Waals surface area contributed by atoms with Gasteiger partial charge in [0.1, 0.15) is 24.0 Å². The van der Waals surface area contributed by atoms with Crippen molar-refractivity contribution in [1.82, 2.24) is 4.90 Å². The molecule has 7 heteroatoms. The van der Waals surface area contributed by atoms with Gasteiger partial charge in [0.15, 0.2) is 0 Å². The zero-order valence-electron chi connectivity index (χ0n) is 14.9. The zero-order chi connectivity index (χ0) is 18.8. The number of benzene rings is 1. The lowest BCUT2D eigenvalue weighted by Gasteiger charge is -2.25. The minimum absolute atomic E-state index is 0.132. The fraction of sp³-hybridized carbons (Fsp3) is 0.474. The average Bonchev–Trinajstić information content (AvgIpc) is 3.11. The van der Waals surface area contributed by atoms with Crippen LogP contribution >= 0.6 is 0 Å². The van der Waals surface area contributed by atoms with Crippen LogP contribution in [0.1, 0.15) is 17.7 Å². The molecule has 26 heavy (non-hydrogen) atoms. The molecule has 0 spiro atoms. The summed E-state index contributed by atoms with van der Waals surface area (Å²) in [6.07, 6.45) is 1.56. The second-order valence-corrected chi connectivity index (χ2v) is 6.07. The van der Waals surface area contributed by atoms with Crippen LogP contribution in [-0.4, -0.2) is 49.5 Å². The third kappa shape index (κ3) is 7.21. The van der Waals surface area contributed by atoms with Crippen molar-refractivity contribution in [3.63, 3.8) is 0 Å². The second kappa shape index (κ2) is 11.0. The maximum absolute atomic E-state index is 13.9. The van der Waals surface area contributed by atoms with Crippen molar-refractivity contribution in [3.05, 3.63) is 59.6 Å². The van der Waals surface area contributed by atoms with E-state index in [0.717, 1.165) is 12.5 Å². The lowest BCUT2D eigenvalue weighted by Crippen LogP contribution is -2.35. The molecule has 1 aromatic carbocycles. The molecule has 0 radical (unpaired) electrons. The Kier molecular flexibility index (Phi) is 8.70. The molecular formula is C19H25F2NO4. The quantitative estimate of drug-likeness (QED) is 0.583. The van der Waals surface area contributed by atoms with Crippen molar-refractivity contribution in [2.45, 2.75) is 25.7 Å². The number of furan rings is 1. The fourth-order valence-electron chi connectivity index (χ4n) is 2.60. The van der Waals surface area contributed by atoms with Gasteiger partial charge in [-0.2, -0.15) is 0 Å². The molecule has 0 fully saturated rings. The summed E-state index contributed by atoms with van der Waals surface area (Å²) in [6.45, 7) is 2.16. The van der Waals surface area contributed by atoms with E-state index in [1.54, 1.807) is 25.5 Å². The summed E-state index contributed by atoms with van der Waals surface area (Å²) in [7, 11) is 1.61. The summed E-state index contributed by atoms with van der Waals surface area (Å²) in [5.74, 6) is -0.517. The minimum Gasteiger partial charge on any atom is -0.467 e. The summed E-state index contributed by atoms with van der Waals surface area (Å²) in [5, 5.41) is 10.2. The largest absolute Gasteiger partial charge is 0.467 e. The molecule has 2 aromatic rings. The summed E-state index contributed by atoms with van der Waals surface area (Å²) < 4.78 is 42.6. The van der Waals surface area contributed by atoms with Gasteiger partial charge in [-0.3, -0.25) is 4.90 Å². The Balaban J connectivity index is 1.86. The molecule has 0 saturated heterocycles. The number of methoxy groups -OCH3 is 1. The van der Waals surface area contributed by atoms with Gasteiger partial charge in [0.25, 0.3) is 0 Å². The summed E-state index contributed by atoms with van der Waals surface area (Å²) in [4.78, 5) is 1.90. The Morgan fingerprint density at radius 2 is 2.12 bits per heavy atom. The van der Waals surface area contributed by atoms with E-state index < -0.39 is 17.7 Å². The van der Waals surface area contributed by atoms with Gasteiger partial charge in [0.2, 0.25) is 0 Å². The lowest BCUT2D eigenvalue weighted by molar-refractivity contribution is 0.00267. The van der Waals surface area contributed by atoms with Gasteiger partial charge in [0.05, 0.1) is 19.0 Å². The van der Waals surface area contributed by atoms with Crippen molar-refractivity contribution >= 4 is 0 Å². The van der Waals surface area contributed by atoms with E-state index in [-0.39, 0.29) is 19.8 Å². The van der Waals surface area contributed by atoms with Gasteiger partial charge in [-0.25, -0.2) is 8.78 Å². The Bertz CT molecular complexity index is 636. The fourth-order valence-corrected chi connectivity index (χ4v) is 2.60. The van der Waals surface area contributed by atoms with E-state index in [4.69, 9.17) is 13.9 Å². The van der Waals surface area contributed by atoms with Crippen molar-refractivity contribution in [2.24, 2.45) is 0 Å². The molecule has 0 amide bonds. The van der Waals surface area contributed by atoms with E-state index >= 15 is 0 Å². The molecule has 2 rings (SSSR count). The van der Waals surface area contributed by atoms with Gasteiger partial charge in [-0.1, -0.05) is 6.07 Å². The number of aliphatic hydroxyl groups excluding tert-OH is 1. The van der Waals surface area contributed by atoms with Crippen LogP contribution in [0.4, 0.5) is 8.78 Å². The number of hydrogen-bond donors (Lipinski definition) is 1. The first kappa shape index (κ1) is 20.5. The number of hydrogen-bond acceptors (Lipinski definition) is 5. The van der Waals surface area contributed by atoms with Gasteiger partial charge in [-0.05, 0) is 24.6 Å². The van der Waals surface area contributed by atoms with Crippen LogP contribution in [0.15, 0.2) is 41.0 Å². The predicted octanol–water partition coefficient (Wildman–Crippen LogP) is 2.97. The highest BCUT2D eigenvalue weighted by Gasteiger charge is 2.15. The lowest BCUT2D eigenvalue weighted by atomic mass is 10.1. The molecule has 0 saturated carbocycles. The molecule has 1 N–H and O–H groups in total. The number of aliphatic hydroxyl groups is 1. The van der Waals surface area contributed by atoms with Crippen molar-refractivity contribution in [3.8, 4) is 0 Å². The van der Waals surface area contributed by atoms with Crippen molar-refractivity contribution in [2.75, 3.05) is 33.4 Å². The highest BCUT2D eigenvalue weighted by Crippen LogP contribution is 2.13. The molecule has 5 nitrogen and oxygen atoms in total. The van der Waals surface area contributed by atoms with Crippen LogP contribution < -0.4 is 0 Å². The Morgan fingerprint density at radius 1 is 1.27 bits per heavy atom. The number of ether oxygens (including phenoxy) is 2. The first-order valence-electron chi connectivity index (χ1n) is 8.52. The van der Waals surface area contributed by atoms with Crippen LogP contribution in [-0.2, 0) is 22.6 Å². The Hall–Kier alpha value is -1.80. The van der Waals surface area contributed by atoms with E-state index in [1.165, 1.54) is 12.1 Å². The van der Waals surface area contributed by atoms with E-state index in [2.05, 4.69) is 0 Å². The summed E-state index contributed by atoms with van der Waals surface area (Å²) >= 11 is 0. The van der Waals surface area contributed by atoms with Crippen molar-refractivity contribution in [1.29, 1.82) is 0 Å². The van der Waals surface area contributed by atoms with E-state index in [1.807, 2.05) is 4.90 Å². The molecule has 0 aliphatic carbocycles. The number of halogens is 2. The van der Waals surface area contributed by atoms with Gasteiger partial charge in [-0.15, -0.1) is 0 Å². The molecule has 1 unspecified atom stereocenters. The molecule has 144 valence electrons. The summed E-state index contributed by atoms with van der Waals surface area (Å²) in [6, 6.07) is 7.08. The Morgan fingerprint density at radius 3 is 2.81 bits per heavy atom. The van der Waals surface area contributed by atoms with Gasteiger partial charge in [0, 0.05) is 45.0 Å². The minimum atomic E-state index is -0.740. The highest BCUT2D eigenvalue weighted by atomic mass is 19.1. The molecule has 0 bridgehead atoms. The van der Waals surface area contributed by atoms with Crippen LogP contribution in [0.25, 0.3) is 0 Å². The molecule has 0 aliphatic rings. The zero-order valence-corrected chi connectivity index (χ0v) is 14.9. The Labute approximate surface area is 152 Å². The maximum atomic E-state index is 13.9. The third-order valence-electron chi connectivity index (χ3n) is 3.84. The molecule has 1 aromatic heterocycles. The molecular weight excluding hydrogens is 344 g/mol.